The lowest BCUT2D eigenvalue weighted by molar-refractivity contribution is 1.28. The van der Waals surface area contributed by atoms with Crippen LogP contribution in [0.3, 0.4) is 0 Å². The minimum Gasteiger partial charge on any atom is -0.311 e. The van der Waals surface area contributed by atoms with Gasteiger partial charge in [-0.1, -0.05) is 188 Å². The van der Waals surface area contributed by atoms with Crippen molar-refractivity contribution >= 4 is 38.6 Å². The molecule has 0 aromatic heterocycles. The molecule has 0 fully saturated rings. The molecule has 10 aromatic rings. The fraction of sp³-hybridized carbons (Fsp3) is 0. The number of nitrogens with zero attached hydrogens (tertiary/aromatic N) is 1. The van der Waals surface area contributed by atoms with E-state index in [2.05, 4.69) is 18.2 Å². The van der Waals surface area contributed by atoms with Crippen LogP contribution in [0.2, 0.25) is 0 Å². The van der Waals surface area contributed by atoms with Crippen molar-refractivity contribution in [2.75, 3.05) is 4.90 Å². The molecule has 0 saturated heterocycles. The molecule has 0 bridgehead atoms. The molecule has 0 unspecified atom stereocenters. The summed E-state index contributed by atoms with van der Waals surface area (Å²) in [5.74, 6) is 0. The maximum absolute atomic E-state index is 9.73. The first-order valence-electron chi connectivity index (χ1n) is 22.9. The van der Waals surface area contributed by atoms with E-state index in [0.717, 1.165) is 54.9 Å². The van der Waals surface area contributed by atoms with E-state index in [-0.39, 0.29) is 46.7 Å². The molecule has 0 atom stereocenters. The number of anilines is 3. The molecule has 57 heavy (non-hydrogen) atoms. The topological polar surface area (TPSA) is 3.24 Å². The third kappa shape index (κ3) is 6.77. The highest BCUT2D eigenvalue weighted by Crippen LogP contribution is 2.41. The summed E-state index contributed by atoms with van der Waals surface area (Å²) in [6, 6.07) is 57.1. The molecule has 10 aromatic carbocycles. The SMILES string of the molecule is [2H]c1c([2H])c(N(c2ccc(-c3ccc4ccccc4c3)cc2)c2c([2H])c([2H])c(-c3ccc4ccccc4c3-c3ccccc3)c([2H])c2[2H])c([2H])c([2H])c1-c1cccc(-c2ccccc2)c1. The average molecular weight is 734 g/mol. The number of hydrogen-bond acceptors (Lipinski definition) is 1. The minimum absolute atomic E-state index is 0.104. The van der Waals surface area contributed by atoms with Gasteiger partial charge in [-0.3, -0.25) is 0 Å². The first-order valence-corrected chi connectivity index (χ1v) is 18.9. The van der Waals surface area contributed by atoms with Crippen LogP contribution >= 0.6 is 0 Å². The van der Waals surface area contributed by atoms with Crippen LogP contribution in [0.25, 0.3) is 77.2 Å². The highest BCUT2D eigenvalue weighted by molar-refractivity contribution is 6.04. The van der Waals surface area contributed by atoms with Crippen molar-refractivity contribution in [2.24, 2.45) is 0 Å². The van der Waals surface area contributed by atoms with Crippen molar-refractivity contribution in [3.8, 4) is 55.6 Å². The Morgan fingerprint density at radius 3 is 1.47 bits per heavy atom. The number of hydrogen-bond donors (Lipinski definition) is 0. The maximum Gasteiger partial charge on any atom is 0.0645 e. The van der Waals surface area contributed by atoms with Crippen molar-refractivity contribution in [3.05, 3.63) is 236 Å². The van der Waals surface area contributed by atoms with Crippen molar-refractivity contribution in [1.29, 1.82) is 0 Å². The van der Waals surface area contributed by atoms with Gasteiger partial charge < -0.3 is 4.90 Å². The lowest BCUT2D eigenvalue weighted by Crippen LogP contribution is -2.09. The van der Waals surface area contributed by atoms with Crippen LogP contribution in [-0.4, -0.2) is 0 Å². The van der Waals surface area contributed by atoms with Gasteiger partial charge in [-0.2, -0.15) is 0 Å². The van der Waals surface area contributed by atoms with E-state index in [9.17, 15) is 11.0 Å². The normalized spacial score (nSPS) is 13.1. The van der Waals surface area contributed by atoms with Crippen LogP contribution in [0, 0.1) is 0 Å². The molecule has 1 nitrogen and oxygen atoms in total. The molecule has 10 rings (SSSR count). The maximum atomic E-state index is 9.73. The Labute approximate surface area is 345 Å². The Balaban J connectivity index is 1.19. The molecular formula is C56H39N. The van der Waals surface area contributed by atoms with Gasteiger partial charge in [0.25, 0.3) is 0 Å². The van der Waals surface area contributed by atoms with Crippen LogP contribution < -0.4 is 4.90 Å². The summed E-state index contributed by atoms with van der Waals surface area (Å²) in [5, 5.41) is 4.02. The van der Waals surface area contributed by atoms with E-state index >= 15 is 0 Å². The van der Waals surface area contributed by atoms with Crippen molar-refractivity contribution < 1.29 is 11.0 Å². The third-order valence-corrected chi connectivity index (χ3v) is 10.4. The smallest absolute Gasteiger partial charge is 0.0645 e. The van der Waals surface area contributed by atoms with Crippen LogP contribution in [0.15, 0.2) is 236 Å². The first kappa shape index (κ1) is 26.3. The average Bonchev–Trinajstić information content (AvgIpc) is 3.35. The van der Waals surface area contributed by atoms with E-state index in [1.165, 1.54) is 4.90 Å². The van der Waals surface area contributed by atoms with Gasteiger partial charge in [0, 0.05) is 17.1 Å². The molecule has 0 aliphatic rings. The van der Waals surface area contributed by atoms with Crippen LogP contribution in [0.4, 0.5) is 17.1 Å². The van der Waals surface area contributed by atoms with E-state index in [1.54, 1.807) is 18.2 Å². The van der Waals surface area contributed by atoms with Gasteiger partial charge in [-0.05, 0) is 126 Å². The number of benzene rings is 10. The van der Waals surface area contributed by atoms with Gasteiger partial charge in [0.15, 0.2) is 0 Å². The van der Waals surface area contributed by atoms with Gasteiger partial charge in [0.05, 0.1) is 11.0 Å². The van der Waals surface area contributed by atoms with E-state index in [0.29, 0.717) is 16.8 Å². The summed E-state index contributed by atoms with van der Waals surface area (Å²) < 4.78 is 76.8. The second kappa shape index (κ2) is 15.0. The van der Waals surface area contributed by atoms with Gasteiger partial charge in [-0.25, -0.2) is 0 Å². The Kier molecular flexibility index (Phi) is 6.92. The molecule has 0 radical (unpaired) electrons. The standard InChI is InChI=1S/C56H39N/c1-3-12-40(13-4-1)48-19-11-20-49(38-48)42-24-31-51(32-25-42)57(52-33-26-43(27-34-52)50-23-22-41-14-7-8-18-47(41)39-50)53-35-28-45(29-36-53)55-37-30-44-15-9-10-21-54(44)56(55)46-16-5-2-6-17-46/h1-39H/i24D,25D,28D,29D,31D,32D,35D,36D. The second-order valence-corrected chi connectivity index (χ2v) is 13.9. The van der Waals surface area contributed by atoms with Gasteiger partial charge in [0.1, 0.15) is 0 Å². The Morgan fingerprint density at radius 1 is 0.281 bits per heavy atom. The summed E-state index contributed by atoms with van der Waals surface area (Å²) in [6.45, 7) is 0. The zero-order valence-corrected chi connectivity index (χ0v) is 30.8. The summed E-state index contributed by atoms with van der Waals surface area (Å²) in [7, 11) is 0. The van der Waals surface area contributed by atoms with Gasteiger partial charge in [0.2, 0.25) is 0 Å². The molecule has 0 heterocycles. The zero-order valence-electron chi connectivity index (χ0n) is 38.8. The first-order chi connectivity index (χ1) is 31.6. The molecule has 0 amide bonds. The van der Waals surface area contributed by atoms with Gasteiger partial charge in [-0.15, -0.1) is 0 Å². The highest BCUT2D eigenvalue weighted by Gasteiger charge is 2.16. The fourth-order valence-electron chi connectivity index (χ4n) is 7.54. The Morgan fingerprint density at radius 2 is 0.772 bits per heavy atom. The Hall–Kier alpha value is -7.48. The van der Waals surface area contributed by atoms with E-state index in [4.69, 9.17) is 0 Å². The predicted molar refractivity (Wildman–Crippen MR) is 243 cm³/mol. The largest absolute Gasteiger partial charge is 0.311 e. The highest BCUT2D eigenvalue weighted by atomic mass is 15.1. The van der Waals surface area contributed by atoms with Crippen molar-refractivity contribution in [2.45, 2.75) is 0 Å². The second-order valence-electron chi connectivity index (χ2n) is 13.9. The van der Waals surface area contributed by atoms with Crippen molar-refractivity contribution in [1.82, 2.24) is 0 Å². The molecule has 0 spiro atoms. The molecule has 0 aliphatic heterocycles. The van der Waals surface area contributed by atoms with Crippen LogP contribution in [0.1, 0.15) is 11.0 Å². The molecule has 1 heteroatoms. The molecular weight excluding hydrogens is 687 g/mol. The summed E-state index contributed by atoms with van der Waals surface area (Å²) in [6.07, 6.45) is 0. The summed E-state index contributed by atoms with van der Waals surface area (Å²) >= 11 is 0. The third-order valence-electron chi connectivity index (χ3n) is 10.4. The molecule has 0 aliphatic carbocycles. The Bertz CT molecular complexity index is 3400. The quantitative estimate of drug-likeness (QED) is 0.150. The zero-order chi connectivity index (χ0) is 44.9. The summed E-state index contributed by atoms with van der Waals surface area (Å²) in [5.41, 5.74) is 6.38. The molecule has 0 saturated carbocycles. The lowest BCUT2D eigenvalue weighted by atomic mass is 9.90. The monoisotopic (exact) mass is 733 g/mol. The van der Waals surface area contributed by atoms with Crippen LogP contribution in [-0.2, 0) is 0 Å². The van der Waals surface area contributed by atoms with E-state index < -0.39 is 24.2 Å². The predicted octanol–water partition coefficient (Wildman–Crippen LogP) is 15.8. The van der Waals surface area contributed by atoms with E-state index in [1.807, 2.05) is 152 Å². The number of fused-ring (bicyclic) bond motifs is 2. The lowest BCUT2D eigenvalue weighted by Gasteiger charge is -2.26. The van der Waals surface area contributed by atoms with Gasteiger partial charge >= 0.3 is 0 Å². The summed E-state index contributed by atoms with van der Waals surface area (Å²) in [4.78, 5) is 1.36. The van der Waals surface area contributed by atoms with Crippen molar-refractivity contribution in [3.63, 3.8) is 0 Å². The minimum atomic E-state index is -0.400. The fourth-order valence-corrected chi connectivity index (χ4v) is 7.54. The van der Waals surface area contributed by atoms with Crippen LogP contribution in [0.5, 0.6) is 0 Å². The molecule has 0 N–H and O–H groups in total. The molecule has 268 valence electrons. The number of rotatable bonds is 8.